The predicted molar refractivity (Wildman–Crippen MR) is 132 cm³/mol. The van der Waals surface area contributed by atoms with Crippen molar-refractivity contribution in [3.8, 4) is 0 Å². The van der Waals surface area contributed by atoms with E-state index in [1.54, 1.807) is 11.8 Å². The van der Waals surface area contributed by atoms with E-state index in [9.17, 15) is 9.59 Å². The molecule has 0 unspecified atom stereocenters. The summed E-state index contributed by atoms with van der Waals surface area (Å²) in [5, 5.41) is 1.04. The largest absolute Gasteiger partial charge is 0.336 e. The molecule has 32 heavy (non-hydrogen) atoms. The molecule has 0 atom stereocenters. The number of nitrogens with one attached hydrogen (secondary N) is 1. The SMILES string of the molecule is C=C1CCN(CCN2CCN(C(=O)c3ccc4[nH]c(=O)c5c(c4c3)CCSC5)CC2)CC1. The van der Waals surface area contributed by atoms with Gasteiger partial charge in [-0.1, -0.05) is 12.2 Å². The van der Waals surface area contributed by atoms with E-state index >= 15 is 0 Å². The first-order chi connectivity index (χ1) is 15.6. The molecule has 0 spiro atoms. The van der Waals surface area contributed by atoms with Crippen LogP contribution in [0, 0.1) is 0 Å². The van der Waals surface area contributed by atoms with Gasteiger partial charge in [-0.05, 0) is 48.8 Å². The van der Waals surface area contributed by atoms with Crippen molar-refractivity contribution in [3.05, 3.63) is 57.4 Å². The number of thioether (sulfide) groups is 1. The molecule has 1 amide bonds. The maximum Gasteiger partial charge on any atom is 0.253 e. The highest BCUT2D eigenvalue weighted by Gasteiger charge is 2.24. The maximum atomic E-state index is 13.2. The Morgan fingerprint density at radius 3 is 2.44 bits per heavy atom. The molecule has 0 saturated carbocycles. The van der Waals surface area contributed by atoms with Gasteiger partial charge in [0.15, 0.2) is 0 Å². The van der Waals surface area contributed by atoms with Crippen molar-refractivity contribution in [1.29, 1.82) is 0 Å². The predicted octanol–water partition coefficient (Wildman–Crippen LogP) is 2.73. The van der Waals surface area contributed by atoms with Crippen LogP contribution in [-0.4, -0.2) is 83.7 Å². The van der Waals surface area contributed by atoms with Crippen molar-refractivity contribution in [1.82, 2.24) is 19.7 Å². The molecule has 170 valence electrons. The molecule has 5 rings (SSSR count). The normalized spacial score (nSPS) is 20.5. The Balaban J connectivity index is 1.22. The molecule has 7 heteroatoms. The Bertz CT molecular complexity index is 1080. The van der Waals surface area contributed by atoms with Gasteiger partial charge in [0.05, 0.1) is 0 Å². The second-order valence-electron chi connectivity index (χ2n) is 9.20. The highest BCUT2D eigenvalue weighted by Crippen LogP contribution is 2.28. The van der Waals surface area contributed by atoms with E-state index in [0.717, 1.165) is 111 Å². The maximum absolute atomic E-state index is 13.2. The van der Waals surface area contributed by atoms with Crippen LogP contribution in [0.1, 0.15) is 34.3 Å². The minimum absolute atomic E-state index is 0.0179. The van der Waals surface area contributed by atoms with E-state index in [1.807, 2.05) is 23.1 Å². The number of H-pyrrole nitrogens is 1. The molecule has 0 bridgehead atoms. The number of likely N-dealkylation sites (tertiary alicyclic amines) is 1. The van der Waals surface area contributed by atoms with Crippen molar-refractivity contribution >= 4 is 28.6 Å². The average Bonchev–Trinajstić information content (AvgIpc) is 2.84. The molecule has 6 nitrogen and oxygen atoms in total. The molecule has 2 fully saturated rings. The third-order valence-corrected chi connectivity index (χ3v) is 8.16. The smallest absolute Gasteiger partial charge is 0.253 e. The summed E-state index contributed by atoms with van der Waals surface area (Å²) < 4.78 is 0. The third-order valence-electron chi connectivity index (χ3n) is 7.18. The Morgan fingerprint density at radius 2 is 1.69 bits per heavy atom. The zero-order valence-corrected chi connectivity index (χ0v) is 19.5. The molecular formula is C25H32N4O2S. The van der Waals surface area contributed by atoms with Gasteiger partial charge in [-0.2, -0.15) is 11.8 Å². The van der Waals surface area contributed by atoms with E-state index in [0.29, 0.717) is 0 Å². The summed E-state index contributed by atoms with van der Waals surface area (Å²) in [4.78, 5) is 35.6. The van der Waals surface area contributed by atoms with Crippen LogP contribution in [0.5, 0.6) is 0 Å². The first-order valence-corrected chi connectivity index (χ1v) is 12.9. The summed E-state index contributed by atoms with van der Waals surface area (Å²) in [5.41, 5.74) is 4.97. The number of piperazine rings is 1. The van der Waals surface area contributed by atoms with E-state index in [1.165, 1.54) is 5.57 Å². The molecule has 4 heterocycles. The highest BCUT2D eigenvalue weighted by atomic mass is 32.2. The number of amides is 1. The fourth-order valence-corrected chi connectivity index (χ4v) is 6.06. The molecule has 1 aromatic heterocycles. The molecule has 1 N–H and O–H groups in total. The van der Waals surface area contributed by atoms with Crippen LogP contribution < -0.4 is 5.56 Å². The number of rotatable bonds is 4. The van der Waals surface area contributed by atoms with Crippen molar-refractivity contribution in [2.45, 2.75) is 25.0 Å². The van der Waals surface area contributed by atoms with Crippen molar-refractivity contribution in [2.75, 3.05) is 58.1 Å². The zero-order chi connectivity index (χ0) is 22.1. The Labute approximate surface area is 193 Å². The number of carbonyl (C=O) groups is 1. The van der Waals surface area contributed by atoms with E-state index in [2.05, 4.69) is 21.4 Å². The number of aryl methyl sites for hydroxylation is 1. The molecular weight excluding hydrogens is 420 g/mol. The number of aromatic amines is 1. The van der Waals surface area contributed by atoms with E-state index in [-0.39, 0.29) is 11.5 Å². The molecule has 0 aliphatic carbocycles. The number of pyridine rings is 1. The Kier molecular flexibility index (Phi) is 6.40. The second kappa shape index (κ2) is 9.41. The number of hydrogen-bond acceptors (Lipinski definition) is 5. The molecule has 2 saturated heterocycles. The number of carbonyl (C=O) groups excluding carboxylic acids is 1. The molecule has 3 aliphatic rings. The number of fused-ring (bicyclic) bond motifs is 3. The summed E-state index contributed by atoms with van der Waals surface area (Å²) in [6.07, 6.45) is 3.15. The monoisotopic (exact) mass is 452 g/mol. The number of nitrogens with zero attached hydrogens (tertiary/aromatic N) is 3. The summed E-state index contributed by atoms with van der Waals surface area (Å²) in [6, 6.07) is 5.76. The third kappa shape index (κ3) is 4.51. The van der Waals surface area contributed by atoms with Gasteiger partial charge < -0.3 is 14.8 Å². The summed E-state index contributed by atoms with van der Waals surface area (Å²) in [7, 11) is 0. The highest BCUT2D eigenvalue weighted by molar-refractivity contribution is 7.98. The van der Waals surface area contributed by atoms with Crippen LogP contribution in [0.25, 0.3) is 10.9 Å². The quantitative estimate of drug-likeness (QED) is 0.723. The lowest BCUT2D eigenvalue weighted by atomic mass is 9.99. The fourth-order valence-electron chi connectivity index (χ4n) is 5.05. The first-order valence-electron chi connectivity index (χ1n) is 11.7. The topological polar surface area (TPSA) is 59.6 Å². The van der Waals surface area contributed by atoms with E-state index in [4.69, 9.17) is 0 Å². The van der Waals surface area contributed by atoms with Gasteiger partial charge in [0, 0.05) is 80.1 Å². The summed E-state index contributed by atoms with van der Waals surface area (Å²) in [5.74, 6) is 1.89. The van der Waals surface area contributed by atoms with Crippen LogP contribution in [0.2, 0.25) is 0 Å². The molecule has 2 aromatic rings. The average molecular weight is 453 g/mol. The number of benzene rings is 1. The summed E-state index contributed by atoms with van der Waals surface area (Å²) >= 11 is 1.80. The minimum Gasteiger partial charge on any atom is -0.336 e. The second-order valence-corrected chi connectivity index (χ2v) is 10.3. The summed E-state index contributed by atoms with van der Waals surface area (Å²) in [6.45, 7) is 11.9. The lowest BCUT2D eigenvalue weighted by Crippen LogP contribution is -2.50. The minimum atomic E-state index is 0.0179. The van der Waals surface area contributed by atoms with Gasteiger partial charge in [0.2, 0.25) is 0 Å². The Hall–Kier alpha value is -2.09. The van der Waals surface area contributed by atoms with Crippen molar-refractivity contribution in [2.24, 2.45) is 0 Å². The number of hydrogen-bond donors (Lipinski definition) is 1. The van der Waals surface area contributed by atoms with Gasteiger partial charge in [-0.25, -0.2) is 0 Å². The van der Waals surface area contributed by atoms with Crippen LogP contribution in [0.4, 0.5) is 0 Å². The standard InChI is InChI=1S/C25H32N4O2S/c1-18-4-7-27(8-5-18)9-10-28-11-13-29(14-12-28)25(31)19-2-3-23-21(16-19)20-6-15-32-17-22(20)24(30)26-23/h2-3,16H,1,4-15,17H2,(H,26,30). The fraction of sp³-hybridized carbons (Fsp3) is 0.520. The number of aromatic nitrogens is 1. The first kappa shape index (κ1) is 21.7. The molecule has 3 aliphatic heterocycles. The van der Waals surface area contributed by atoms with E-state index < -0.39 is 0 Å². The van der Waals surface area contributed by atoms with Gasteiger partial charge in [-0.15, -0.1) is 0 Å². The number of piperidine rings is 1. The van der Waals surface area contributed by atoms with Crippen LogP contribution >= 0.6 is 11.8 Å². The van der Waals surface area contributed by atoms with Gasteiger partial charge in [-0.3, -0.25) is 14.5 Å². The van der Waals surface area contributed by atoms with Gasteiger partial charge in [0.1, 0.15) is 0 Å². The van der Waals surface area contributed by atoms with Crippen molar-refractivity contribution in [3.63, 3.8) is 0 Å². The van der Waals surface area contributed by atoms with Gasteiger partial charge >= 0.3 is 0 Å². The lowest BCUT2D eigenvalue weighted by molar-refractivity contribution is 0.0621. The zero-order valence-electron chi connectivity index (χ0n) is 18.7. The van der Waals surface area contributed by atoms with Crippen LogP contribution in [0.15, 0.2) is 35.1 Å². The molecule has 1 aromatic carbocycles. The lowest BCUT2D eigenvalue weighted by Gasteiger charge is -2.36. The van der Waals surface area contributed by atoms with Crippen molar-refractivity contribution < 1.29 is 4.79 Å². The Morgan fingerprint density at radius 1 is 0.969 bits per heavy atom. The van der Waals surface area contributed by atoms with Gasteiger partial charge in [0.25, 0.3) is 11.5 Å². The van der Waals surface area contributed by atoms with Crippen LogP contribution in [0.3, 0.4) is 0 Å². The van der Waals surface area contributed by atoms with Crippen LogP contribution in [-0.2, 0) is 12.2 Å². The molecule has 0 radical (unpaired) electrons.